The Labute approximate surface area is 125 Å². The molecule has 3 heteroatoms. The van der Waals surface area contributed by atoms with E-state index in [-0.39, 0.29) is 12.1 Å². The van der Waals surface area contributed by atoms with Gasteiger partial charge in [0, 0.05) is 10.4 Å². The van der Waals surface area contributed by atoms with E-state index in [1.807, 2.05) is 12.1 Å². The maximum Gasteiger partial charge on any atom is 0.0681 e. The molecule has 0 saturated carbocycles. The Morgan fingerprint density at radius 3 is 2.25 bits per heavy atom. The van der Waals surface area contributed by atoms with Crippen LogP contribution >= 0.6 is 11.9 Å². The van der Waals surface area contributed by atoms with Crippen LogP contribution in [0.4, 0.5) is 0 Å². The van der Waals surface area contributed by atoms with Crippen molar-refractivity contribution < 1.29 is 5.11 Å². The standard InChI is InChI=1S/C17H21NOS/c1-17(2,3)18-20-16-7-5-4-6-15(16)14-10-8-13(12-19)9-11-14/h4-11,18-19H,12H2,1-3H3. The first-order valence-corrected chi connectivity index (χ1v) is 7.54. The number of hydrogen-bond donors (Lipinski definition) is 2. The number of nitrogens with one attached hydrogen (secondary N) is 1. The summed E-state index contributed by atoms with van der Waals surface area (Å²) in [6.45, 7) is 6.54. The lowest BCUT2D eigenvalue weighted by atomic mass is 10.0. The molecule has 0 spiro atoms. The lowest BCUT2D eigenvalue weighted by molar-refractivity contribution is 0.282. The Bertz CT molecular complexity index is 558. The minimum absolute atomic E-state index is 0.0680. The highest BCUT2D eigenvalue weighted by molar-refractivity contribution is 7.97. The molecule has 2 rings (SSSR count). The summed E-state index contributed by atoms with van der Waals surface area (Å²) in [5.74, 6) is 0. The van der Waals surface area contributed by atoms with Gasteiger partial charge in [0.15, 0.2) is 0 Å². The van der Waals surface area contributed by atoms with E-state index in [2.05, 4.69) is 61.9 Å². The fourth-order valence-corrected chi connectivity index (χ4v) is 2.65. The SMILES string of the molecule is CC(C)(C)NSc1ccccc1-c1ccc(CO)cc1. The van der Waals surface area contributed by atoms with E-state index in [4.69, 9.17) is 5.11 Å². The molecule has 0 heterocycles. The minimum atomic E-state index is 0.0680. The molecule has 0 saturated heterocycles. The van der Waals surface area contributed by atoms with Gasteiger partial charge in [-0.3, -0.25) is 4.72 Å². The van der Waals surface area contributed by atoms with Crippen LogP contribution in [0.3, 0.4) is 0 Å². The monoisotopic (exact) mass is 287 g/mol. The maximum absolute atomic E-state index is 9.11. The predicted octanol–water partition coefficient (Wildman–Crippen LogP) is 4.24. The molecular weight excluding hydrogens is 266 g/mol. The van der Waals surface area contributed by atoms with E-state index in [9.17, 15) is 0 Å². The summed E-state index contributed by atoms with van der Waals surface area (Å²) in [4.78, 5) is 1.21. The second kappa shape index (κ2) is 6.44. The van der Waals surface area contributed by atoms with Crippen molar-refractivity contribution in [3.63, 3.8) is 0 Å². The highest BCUT2D eigenvalue weighted by atomic mass is 32.2. The Hall–Kier alpha value is -1.29. The molecule has 0 radical (unpaired) electrons. The minimum Gasteiger partial charge on any atom is -0.392 e. The van der Waals surface area contributed by atoms with Crippen molar-refractivity contribution in [2.75, 3.05) is 0 Å². The van der Waals surface area contributed by atoms with Crippen LogP contribution in [0, 0.1) is 0 Å². The van der Waals surface area contributed by atoms with Crippen molar-refractivity contribution in [2.24, 2.45) is 0 Å². The molecular formula is C17H21NOS. The van der Waals surface area contributed by atoms with E-state index < -0.39 is 0 Å². The van der Waals surface area contributed by atoms with E-state index in [0.29, 0.717) is 0 Å². The smallest absolute Gasteiger partial charge is 0.0681 e. The van der Waals surface area contributed by atoms with Crippen LogP contribution in [0.1, 0.15) is 26.3 Å². The topological polar surface area (TPSA) is 32.3 Å². The lowest BCUT2D eigenvalue weighted by Crippen LogP contribution is -2.29. The zero-order valence-corrected chi connectivity index (χ0v) is 13.0. The van der Waals surface area contributed by atoms with Gasteiger partial charge in [-0.05, 0) is 55.5 Å². The average molecular weight is 287 g/mol. The van der Waals surface area contributed by atoms with Gasteiger partial charge in [-0.1, -0.05) is 42.5 Å². The predicted molar refractivity (Wildman–Crippen MR) is 86.5 cm³/mol. The normalized spacial score (nSPS) is 11.6. The molecule has 0 aliphatic carbocycles. The number of hydrogen-bond acceptors (Lipinski definition) is 3. The lowest BCUT2D eigenvalue weighted by Gasteiger charge is -2.20. The van der Waals surface area contributed by atoms with Crippen LogP contribution in [0.15, 0.2) is 53.4 Å². The van der Waals surface area contributed by atoms with Crippen molar-refractivity contribution in [1.82, 2.24) is 4.72 Å². The first kappa shape index (κ1) is 15.1. The third-order valence-electron chi connectivity index (χ3n) is 2.80. The highest BCUT2D eigenvalue weighted by Crippen LogP contribution is 2.31. The second-order valence-electron chi connectivity index (χ2n) is 5.81. The van der Waals surface area contributed by atoms with Crippen LogP contribution in [0.5, 0.6) is 0 Å². The highest BCUT2D eigenvalue weighted by Gasteiger charge is 2.11. The molecule has 0 aromatic heterocycles. The van der Waals surface area contributed by atoms with Crippen molar-refractivity contribution in [3.8, 4) is 11.1 Å². The summed E-state index contributed by atoms with van der Waals surface area (Å²) in [6.07, 6.45) is 0. The van der Waals surface area contributed by atoms with E-state index in [1.165, 1.54) is 16.0 Å². The van der Waals surface area contributed by atoms with Crippen molar-refractivity contribution >= 4 is 11.9 Å². The largest absolute Gasteiger partial charge is 0.392 e. The fourth-order valence-electron chi connectivity index (χ4n) is 1.79. The van der Waals surface area contributed by atoms with Gasteiger partial charge in [-0.25, -0.2) is 0 Å². The molecule has 2 N–H and O–H groups in total. The van der Waals surface area contributed by atoms with Crippen molar-refractivity contribution in [1.29, 1.82) is 0 Å². The maximum atomic E-state index is 9.11. The number of aliphatic hydroxyl groups excluding tert-OH is 1. The third kappa shape index (κ3) is 4.10. The number of rotatable bonds is 4. The summed E-state index contributed by atoms with van der Waals surface area (Å²) < 4.78 is 3.45. The van der Waals surface area contributed by atoms with Gasteiger partial charge in [0.05, 0.1) is 6.61 Å². The van der Waals surface area contributed by atoms with Crippen LogP contribution < -0.4 is 4.72 Å². The zero-order chi connectivity index (χ0) is 14.6. The third-order valence-corrected chi connectivity index (χ3v) is 4.09. The molecule has 0 unspecified atom stereocenters. The summed E-state index contributed by atoms with van der Waals surface area (Å²) >= 11 is 1.66. The van der Waals surface area contributed by atoms with Crippen LogP contribution in [-0.2, 0) is 6.61 Å². The molecule has 2 nitrogen and oxygen atoms in total. The van der Waals surface area contributed by atoms with E-state index >= 15 is 0 Å². The molecule has 106 valence electrons. The molecule has 0 aliphatic heterocycles. The Morgan fingerprint density at radius 1 is 1.00 bits per heavy atom. The molecule has 2 aromatic carbocycles. The summed E-state index contributed by atoms with van der Waals surface area (Å²) in [6, 6.07) is 16.4. The number of benzene rings is 2. The van der Waals surface area contributed by atoms with Gasteiger partial charge in [0.1, 0.15) is 0 Å². The van der Waals surface area contributed by atoms with Crippen molar-refractivity contribution in [3.05, 3.63) is 54.1 Å². The molecule has 0 amide bonds. The summed E-state index contributed by atoms with van der Waals surface area (Å²) in [5.41, 5.74) is 3.38. The van der Waals surface area contributed by atoms with E-state index in [0.717, 1.165) is 5.56 Å². The quantitative estimate of drug-likeness (QED) is 0.825. The van der Waals surface area contributed by atoms with Gasteiger partial charge >= 0.3 is 0 Å². The first-order valence-electron chi connectivity index (χ1n) is 6.73. The average Bonchev–Trinajstić information content (AvgIpc) is 2.45. The van der Waals surface area contributed by atoms with Crippen LogP contribution in [0.2, 0.25) is 0 Å². The Balaban J connectivity index is 2.26. The molecule has 20 heavy (non-hydrogen) atoms. The van der Waals surface area contributed by atoms with Crippen LogP contribution in [0.25, 0.3) is 11.1 Å². The Kier molecular flexibility index (Phi) is 4.86. The van der Waals surface area contributed by atoms with Gasteiger partial charge in [0.2, 0.25) is 0 Å². The molecule has 0 bridgehead atoms. The molecule has 0 fully saturated rings. The molecule has 0 atom stereocenters. The van der Waals surface area contributed by atoms with Gasteiger partial charge in [-0.2, -0.15) is 0 Å². The summed E-state index contributed by atoms with van der Waals surface area (Å²) in [5, 5.41) is 9.11. The molecule has 0 aliphatic rings. The van der Waals surface area contributed by atoms with Gasteiger partial charge < -0.3 is 5.11 Å². The van der Waals surface area contributed by atoms with Gasteiger partial charge in [-0.15, -0.1) is 0 Å². The van der Waals surface area contributed by atoms with Gasteiger partial charge in [0.25, 0.3) is 0 Å². The number of aliphatic hydroxyl groups is 1. The first-order chi connectivity index (χ1) is 9.49. The fraction of sp³-hybridized carbons (Fsp3) is 0.294. The van der Waals surface area contributed by atoms with E-state index in [1.54, 1.807) is 11.9 Å². The second-order valence-corrected chi connectivity index (χ2v) is 6.65. The molecule has 2 aromatic rings. The van der Waals surface area contributed by atoms with Crippen molar-refractivity contribution in [2.45, 2.75) is 37.8 Å². The Morgan fingerprint density at radius 2 is 1.65 bits per heavy atom. The zero-order valence-electron chi connectivity index (χ0n) is 12.2. The van der Waals surface area contributed by atoms with Crippen LogP contribution in [-0.4, -0.2) is 10.6 Å². The summed E-state index contributed by atoms with van der Waals surface area (Å²) in [7, 11) is 0.